The second-order valence-electron chi connectivity index (χ2n) is 10.5. The molecule has 1 aromatic heterocycles. The van der Waals surface area contributed by atoms with Crippen LogP contribution in [0.15, 0.2) is 60.7 Å². The minimum absolute atomic E-state index is 0.181. The van der Waals surface area contributed by atoms with Gasteiger partial charge in [-0.3, -0.25) is 0 Å². The summed E-state index contributed by atoms with van der Waals surface area (Å²) in [6.07, 6.45) is 4.70. The topological polar surface area (TPSA) is 4.93 Å². The van der Waals surface area contributed by atoms with Crippen LogP contribution in [0.3, 0.4) is 0 Å². The Morgan fingerprint density at radius 3 is 1.75 bits per heavy atom. The van der Waals surface area contributed by atoms with Crippen molar-refractivity contribution in [3.8, 4) is 5.69 Å². The predicted octanol–water partition coefficient (Wildman–Crippen LogP) is 9.25. The Morgan fingerprint density at radius 2 is 1.22 bits per heavy atom. The highest BCUT2D eigenvalue weighted by Crippen LogP contribution is 2.39. The second kappa shape index (κ2) is 8.43. The van der Waals surface area contributed by atoms with Crippen LogP contribution in [0.4, 0.5) is 0 Å². The van der Waals surface area contributed by atoms with Gasteiger partial charge < -0.3 is 4.57 Å². The molecule has 0 bridgehead atoms. The summed E-state index contributed by atoms with van der Waals surface area (Å²) < 4.78 is 2.44. The summed E-state index contributed by atoms with van der Waals surface area (Å²) in [5, 5.41) is 2.75. The molecule has 0 atom stereocenters. The molecular weight excluding hydrogens is 386 g/mol. The third kappa shape index (κ3) is 3.76. The zero-order valence-electron chi connectivity index (χ0n) is 21.0. The number of rotatable bonds is 7. The van der Waals surface area contributed by atoms with Gasteiger partial charge in [0.2, 0.25) is 0 Å². The lowest BCUT2D eigenvalue weighted by molar-refractivity contribution is 0.439. The average Bonchev–Trinajstić information content (AvgIpc) is 3.12. The van der Waals surface area contributed by atoms with E-state index in [-0.39, 0.29) is 10.8 Å². The van der Waals surface area contributed by atoms with Crippen LogP contribution >= 0.6 is 0 Å². The Morgan fingerprint density at radius 1 is 0.688 bits per heavy atom. The van der Waals surface area contributed by atoms with Crippen LogP contribution in [-0.2, 0) is 10.8 Å². The van der Waals surface area contributed by atoms with Crippen molar-refractivity contribution in [2.24, 2.45) is 0 Å². The zero-order chi connectivity index (χ0) is 23.1. The molecule has 0 N–H and O–H groups in total. The van der Waals surface area contributed by atoms with Gasteiger partial charge in [-0.25, -0.2) is 0 Å². The van der Waals surface area contributed by atoms with Crippen molar-refractivity contribution in [2.45, 2.75) is 85.0 Å². The standard InChI is InChI=1S/C31H39N/c1-8-19-30(5,6)23-13-17-28-26(20-23)27-21-24(31(7,9-2)10-3)14-18-29(27)32(28)25-15-11-22(4)12-16-25/h11-18,20-21H,8-10,19H2,1-7H3. The van der Waals surface area contributed by atoms with Gasteiger partial charge in [0.15, 0.2) is 0 Å². The molecule has 168 valence electrons. The summed E-state index contributed by atoms with van der Waals surface area (Å²) in [6.45, 7) is 16.2. The van der Waals surface area contributed by atoms with E-state index in [0.717, 1.165) is 12.8 Å². The maximum Gasteiger partial charge on any atom is 0.0541 e. The number of fused-ring (bicyclic) bond motifs is 3. The van der Waals surface area contributed by atoms with Crippen molar-refractivity contribution >= 4 is 21.8 Å². The van der Waals surface area contributed by atoms with Crippen molar-refractivity contribution in [1.29, 1.82) is 0 Å². The lowest BCUT2D eigenvalue weighted by Crippen LogP contribution is -2.19. The highest BCUT2D eigenvalue weighted by Gasteiger charge is 2.25. The van der Waals surface area contributed by atoms with Gasteiger partial charge in [-0.05, 0) is 84.5 Å². The molecule has 3 aromatic carbocycles. The molecule has 0 amide bonds. The van der Waals surface area contributed by atoms with Crippen molar-refractivity contribution in [1.82, 2.24) is 4.57 Å². The zero-order valence-corrected chi connectivity index (χ0v) is 21.0. The molecule has 0 radical (unpaired) electrons. The van der Waals surface area contributed by atoms with Crippen LogP contribution in [0.25, 0.3) is 27.5 Å². The molecule has 0 unspecified atom stereocenters. The van der Waals surface area contributed by atoms with Crippen molar-refractivity contribution in [3.63, 3.8) is 0 Å². The fraction of sp³-hybridized carbons (Fsp3) is 0.419. The smallest absolute Gasteiger partial charge is 0.0541 e. The molecule has 0 aliphatic rings. The Hall–Kier alpha value is -2.54. The highest BCUT2D eigenvalue weighted by molar-refractivity contribution is 6.09. The van der Waals surface area contributed by atoms with Gasteiger partial charge in [0.1, 0.15) is 0 Å². The maximum atomic E-state index is 2.48. The minimum Gasteiger partial charge on any atom is -0.309 e. The molecule has 1 heterocycles. The molecule has 0 aliphatic heterocycles. The van der Waals surface area contributed by atoms with Crippen LogP contribution in [0.5, 0.6) is 0 Å². The first-order valence-electron chi connectivity index (χ1n) is 12.4. The minimum atomic E-state index is 0.181. The molecule has 1 nitrogen and oxygen atoms in total. The maximum absolute atomic E-state index is 2.48. The number of benzene rings is 3. The predicted molar refractivity (Wildman–Crippen MR) is 141 cm³/mol. The van der Waals surface area contributed by atoms with Crippen LogP contribution in [-0.4, -0.2) is 4.57 Å². The summed E-state index contributed by atoms with van der Waals surface area (Å²) in [6, 6.07) is 23.3. The Balaban J connectivity index is 2.05. The van der Waals surface area contributed by atoms with Gasteiger partial charge in [0.05, 0.1) is 11.0 Å². The first-order chi connectivity index (χ1) is 15.2. The summed E-state index contributed by atoms with van der Waals surface area (Å²) in [4.78, 5) is 0. The monoisotopic (exact) mass is 425 g/mol. The van der Waals surface area contributed by atoms with Gasteiger partial charge in [-0.2, -0.15) is 0 Å². The number of hydrogen-bond donors (Lipinski definition) is 0. The number of aryl methyl sites for hydroxylation is 1. The fourth-order valence-electron chi connectivity index (χ4n) is 5.22. The van der Waals surface area contributed by atoms with E-state index in [1.165, 1.54) is 57.0 Å². The molecule has 0 aliphatic carbocycles. The Labute approximate surface area is 194 Å². The van der Waals surface area contributed by atoms with Crippen LogP contribution in [0, 0.1) is 6.92 Å². The lowest BCUT2D eigenvalue weighted by Gasteiger charge is -2.27. The molecule has 0 fully saturated rings. The first kappa shape index (κ1) is 22.6. The Kier molecular flexibility index (Phi) is 5.96. The van der Waals surface area contributed by atoms with Gasteiger partial charge in [0.25, 0.3) is 0 Å². The third-order valence-electron chi connectivity index (χ3n) is 7.97. The first-order valence-corrected chi connectivity index (χ1v) is 12.4. The summed E-state index contributed by atoms with van der Waals surface area (Å²) in [5.74, 6) is 0. The van der Waals surface area contributed by atoms with Crippen LogP contribution in [0.2, 0.25) is 0 Å². The van der Waals surface area contributed by atoms with Crippen LogP contribution in [0.1, 0.15) is 83.9 Å². The number of hydrogen-bond acceptors (Lipinski definition) is 0. The van der Waals surface area contributed by atoms with Crippen molar-refractivity contribution < 1.29 is 0 Å². The van der Waals surface area contributed by atoms with E-state index in [0.29, 0.717) is 0 Å². The van der Waals surface area contributed by atoms with Crippen LogP contribution < -0.4 is 0 Å². The van der Waals surface area contributed by atoms with E-state index in [1.54, 1.807) is 0 Å². The highest BCUT2D eigenvalue weighted by atomic mass is 15.0. The number of nitrogens with zero attached hydrogens (tertiary/aromatic N) is 1. The summed E-state index contributed by atoms with van der Waals surface area (Å²) >= 11 is 0. The normalized spacial score (nSPS) is 12.7. The van der Waals surface area contributed by atoms with E-state index < -0.39 is 0 Å². The van der Waals surface area contributed by atoms with Gasteiger partial charge >= 0.3 is 0 Å². The quantitative estimate of drug-likeness (QED) is 0.278. The largest absolute Gasteiger partial charge is 0.309 e. The van der Waals surface area contributed by atoms with Gasteiger partial charge in [0, 0.05) is 16.5 Å². The summed E-state index contributed by atoms with van der Waals surface area (Å²) in [5.41, 5.74) is 8.41. The molecule has 0 spiro atoms. The molecule has 32 heavy (non-hydrogen) atoms. The summed E-state index contributed by atoms with van der Waals surface area (Å²) in [7, 11) is 0. The molecule has 4 rings (SSSR count). The number of aromatic nitrogens is 1. The molecular formula is C31H39N. The second-order valence-corrected chi connectivity index (χ2v) is 10.5. The fourth-order valence-corrected chi connectivity index (χ4v) is 5.22. The average molecular weight is 426 g/mol. The molecule has 0 saturated carbocycles. The van der Waals surface area contributed by atoms with Crippen molar-refractivity contribution in [2.75, 3.05) is 0 Å². The van der Waals surface area contributed by atoms with Gasteiger partial charge in [-0.15, -0.1) is 0 Å². The molecule has 1 heteroatoms. The molecule has 4 aromatic rings. The molecule has 0 saturated heterocycles. The van der Waals surface area contributed by atoms with Gasteiger partial charge in [-0.1, -0.05) is 77.8 Å². The van der Waals surface area contributed by atoms with Crippen molar-refractivity contribution in [3.05, 3.63) is 77.4 Å². The van der Waals surface area contributed by atoms with E-state index in [9.17, 15) is 0 Å². The lowest BCUT2D eigenvalue weighted by atomic mass is 9.77. The Bertz CT molecular complexity index is 1230. The third-order valence-corrected chi connectivity index (χ3v) is 7.97. The van der Waals surface area contributed by atoms with E-state index in [2.05, 4.69) is 114 Å². The van der Waals surface area contributed by atoms with E-state index in [1.807, 2.05) is 0 Å². The van der Waals surface area contributed by atoms with E-state index >= 15 is 0 Å². The van der Waals surface area contributed by atoms with E-state index in [4.69, 9.17) is 0 Å². The SMILES string of the molecule is CCCC(C)(C)c1ccc2c(c1)c1cc(C(C)(CC)CC)ccc1n2-c1ccc(C)cc1.